The predicted octanol–water partition coefficient (Wildman–Crippen LogP) is 2.06. The number of aliphatic imine (C=N–C) groups is 1. The zero-order chi connectivity index (χ0) is 11.4. The molecule has 0 saturated heterocycles. The lowest BCUT2D eigenvalue weighted by atomic mass is 10.4. The number of hydrogen-bond donors (Lipinski definition) is 1. The zero-order valence-electron chi connectivity index (χ0n) is 9.77. The van der Waals surface area contributed by atoms with E-state index in [1.165, 1.54) is 0 Å². The molecular weight excluding hydrogens is 338 g/mol. The monoisotopic (exact) mass is 356 g/mol. The van der Waals surface area contributed by atoms with Gasteiger partial charge in [-0.3, -0.25) is 4.99 Å². The van der Waals surface area contributed by atoms with Gasteiger partial charge in [0, 0.05) is 32.5 Å². The first-order valence-electron chi connectivity index (χ1n) is 4.86. The molecule has 0 spiro atoms. The quantitative estimate of drug-likeness (QED) is 0.512. The van der Waals surface area contributed by atoms with Crippen LogP contribution in [-0.4, -0.2) is 29.0 Å². The van der Waals surface area contributed by atoms with Crippen LogP contribution < -0.4 is 5.73 Å². The minimum absolute atomic E-state index is 0. The maximum absolute atomic E-state index is 5.89. The topological polar surface area (TPSA) is 46.5 Å². The SMILES string of the molecule is CCN=C(N)N(C)Cc1cc(Cl)cn1C.I. The first-order chi connectivity index (χ1) is 7.04. The molecule has 1 rings (SSSR count). The van der Waals surface area contributed by atoms with E-state index in [1.54, 1.807) is 0 Å². The molecule has 16 heavy (non-hydrogen) atoms. The van der Waals surface area contributed by atoms with E-state index in [9.17, 15) is 0 Å². The fraction of sp³-hybridized carbons (Fsp3) is 0.500. The van der Waals surface area contributed by atoms with Crippen molar-refractivity contribution in [1.29, 1.82) is 0 Å². The van der Waals surface area contributed by atoms with Crippen molar-refractivity contribution >= 4 is 41.5 Å². The summed E-state index contributed by atoms with van der Waals surface area (Å²) < 4.78 is 1.98. The Bertz CT molecular complexity index is 362. The molecule has 4 nitrogen and oxygen atoms in total. The van der Waals surface area contributed by atoms with E-state index in [4.69, 9.17) is 17.3 Å². The number of hydrogen-bond acceptors (Lipinski definition) is 1. The maximum Gasteiger partial charge on any atom is 0.191 e. The lowest BCUT2D eigenvalue weighted by Gasteiger charge is -2.18. The summed E-state index contributed by atoms with van der Waals surface area (Å²) in [6.45, 7) is 3.36. The van der Waals surface area contributed by atoms with Gasteiger partial charge in [-0.1, -0.05) is 11.6 Å². The van der Waals surface area contributed by atoms with Crippen molar-refractivity contribution in [3.8, 4) is 0 Å². The van der Waals surface area contributed by atoms with Crippen molar-refractivity contribution in [3.05, 3.63) is 23.0 Å². The Labute approximate surface area is 118 Å². The van der Waals surface area contributed by atoms with Crippen LogP contribution in [0, 0.1) is 0 Å². The molecule has 0 amide bonds. The molecule has 1 heterocycles. The Morgan fingerprint density at radius 1 is 1.62 bits per heavy atom. The van der Waals surface area contributed by atoms with E-state index in [1.807, 2.05) is 42.7 Å². The van der Waals surface area contributed by atoms with Crippen LogP contribution in [0.2, 0.25) is 5.02 Å². The van der Waals surface area contributed by atoms with Crippen molar-refractivity contribution in [2.75, 3.05) is 13.6 Å². The van der Waals surface area contributed by atoms with E-state index in [0.717, 1.165) is 10.7 Å². The molecule has 1 aromatic heterocycles. The Balaban J connectivity index is 0.00000225. The molecule has 1 aromatic rings. The van der Waals surface area contributed by atoms with Crippen LogP contribution in [0.1, 0.15) is 12.6 Å². The van der Waals surface area contributed by atoms with Crippen LogP contribution in [0.25, 0.3) is 0 Å². The Morgan fingerprint density at radius 3 is 2.69 bits per heavy atom. The second-order valence-electron chi connectivity index (χ2n) is 3.45. The normalized spacial score (nSPS) is 11.1. The molecule has 2 N–H and O–H groups in total. The second-order valence-corrected chi connectivity index (χ2v) is 3.89. The van der Waals surface area contributed by atoms with Gasteiger partial charge in [0.2, 0.25) is 0 Å². The van der Waals surface area contributed by atoms with Gasteiger partial charge in [-0.2, -0.15) is 0 Å². The first-order valence-corrected chi connectivity index (χ1v) is 5.24. The molecule has 92 valence electrons. The van der Waals surface area contributed by atoms with Gasteiger partial charge >= 0.3 is 0 Å². The lowest BCUT2D eigenvalue weighted by Crippen LogP contribution is -2.34. The smallest absolute Gasteiger partial charge is 0.191 e. The third kappa shape index (κ3) is 4.21. The molecule has 0 radical (unpaired) electrons. The molecule has 0 bridgehead atoms. The first kappa shape index (κ1) is 15.6. The van der Waals surface area contributed by atoms with Crippen LogP contribution in [0.3, 0.4) is 0 Å². The molecule has 0 fully saturated rings. The predicted molar refractivity (Wildman–Crippen MR) is 79.5 cm³/mol. The summed E-state index contributed by atoms with van der Waals surface area (Å²) in [4.78, 5) is 6.03. The summed E-state index contributed by atoms with van der Waals surface area (Å²) in [5, 5.41) is 0.743. The number of aryl methyl sites for hydroxylation is 1. The lowest BCUT2D eigenvalue weighted by molar-refractivity contribution is 0.476. The number of halogens is 2. The van der Waals surface area contributed by atoms with Gasteiger partial charge in [0.05, 0.1) is 11.6 Å². The van der Waals surface area contributed by atoms with Crippen molar-refractivity contribution < 1.29 is 0 Å². The Hall–Kier alpha value is -0.430. The largest absolute Gasteiger partial charge is 0.370 e. The van der Waals surface area contributed by atoms with E-state index in [2.05, 4.69) is 4.99 Å². The summed E-state index contributed by atoms with van der Waals surface area (Å²) >= 11 is 5.89. The highest BCUT2D eigenvalue weighted by atomic mass is 127. The molecule has 0 aromatic carbocycles. The van der Waals surface area contributed by atoms with Crippen molar-refractivity contribution in [3.63, 3.8) is 0 Å². The summed E-state index contributed by atoms with van der Waals surface area (Å²) in [6.07, 6.45) is 1.87. The molecule has 0 unspecified atom stereocenters. The van der Waals surface area contributed by atoms with Gasteiger partial charge < -0.3 is 15.2 Å². The number of guanidine groups is 1. The van der Waals surface area contributed by atoms with Gasteiger partial charge in [-0.25, -0.2) is 0 Å². The standard InChI is InChI=1S/C10H17ClN4.HI/c1-4-13-10(12)15(3)7-9-5-8(11)6-14(9)2;/h5-6H,4,7H2,1-3H3,(H2,12,13);1H. The minimum Gasteiger partial charge on any atom is -0.370 e. The average molecular weight is 357 g/mol. The van der Waals surface area contributed by atoms with Gasteiger partial charge in [0.15, 0.2) is 5.96 Å². The summed E-state index contributed by atoms with van der Waals surface area (Å²) in [5.74, 6) is 0.551. The highest BCUT2D eigenvalue weighted by molar-refractivity contribution is 14.0. The third-order valence-electron chi connectivity index (χ3n) is 2.18. The zero-order valence-corrected chi connectivity index (χ0v) is 12.9. The highest BCUT2D eigenvalue weighted by Crippen LogP contribution is 2.13. The fourth-order valence-electron chi connectivity index (χ4n) is 1.33. The number of nitrogens with two attached hydrogens (primary N) is 1. The summed E-state index contributed by atoms with van der Waals surface area (Å²) in [7, 11) is 3.87. The molecule has 0 aliphatic heterocycles. The molecule has 0 aliphatic carbocycles. The summed E-state index contributed by atoms with van der Waals surface area (Å²) in [5.41, 5.74) is 6.87. The van der Waals surface area contributed by atoms with Crippen molar-refractivity contribution in [2.45, 2.75) is 13.5 Å². The van der Waals surface area contributed by atoms with E-state index in [0.29, 0.717) is 19.0 Å². The molecule has 6 heteroatoms. The molecule has 0 aliphatic rings. The van der Waals surface area contributed by atoms with Gasteiger partial charge in [-0.15, -0.1) is 24.0 Å². The number of nitrogens with zero attached hydrogens (tertiary/aromatic N) is 3. The van der Waals surface area contributed by atoms with Crippen LogP contribution >= 0.6 is 35.6 Å². The molecular formula is C10H18ClIN4. The number of rotatable bonds is 3. The van der Waals surface area contributed by atoms with Crippen LogP contribution in [0.4, 0.5) is 0 Å². The Kier molecular flexibility index (Phi) is 6.82. The summed E-state index contributed by atoms with van der Waals surface area (Å²) in [6, 6.07) is 1.93. The van der Waals surface area contributed by atoms with Crippen molar-refractivity contribution in [1.82, 2.24) is 9.47 Å². The van der Waals surface area contributed by atoms with E-state index < -0.39 is 0 Å². The van der Waals surface area contributed by atoms with Crippen LogP contribution in [0.5, 0.6) is 0 Å². The van der Waals surface area contributed by atoms with Crippen molar-refractivity contribution in [2.24, 2.45) is 17.8 Å². The third-order valence-corrected chi connectivity index (χ3v) is 2.39. The molecule has 0 atom stereocenters. The van der Waals surface area contributed by atoms with Gasteiger partial charge in [0.25, 0.3) is 0 Å². The maximum atomic E-state index is 5.89. The Morgan fingerprint density at radius 2 is 2.25 bits per heavy atom. The van der Waals surface area contributed by atoms with E-state index >= 15 is 0 Å². The highest BCUT2D eigenvalue weighted by Gasteiger charge is 2.06. The molecule has 0 saturated carbocycles. The van der Waals surface area contributed by atoms with E-state index in [-0.39, 0.29) is 24.0 Å². The van der Waals surface area contributed by atoms with Gasteiger partial charge in [-0.05, 0) is 13.0 Å². The average Bonchev–Trinajstić information content (AvgIpc) is 2.45. The second kappa shape index (κ2) is 7.01. The fourth-order valence-corrected chi connectivity index (χ4v) is 1.60. The van der Waals surface area contributed by atoms with Crippen LogP contribution in [0.15, 0.2) is 17.3 Å². The minimum atomic E-state index is 0. The van der Waals surface area contributed by atoms with Gasteiger partial charge in [0.1, 0.15) is 0 Å². The van der Waals surface area contributed by atoms with Crippen LogP contribution in [-0.2, 0) is 13.6 Å². The number of aromatic nitrogens is 1.